The molecule has 4 aliphatic rings. The second kappa shape index (κ2) is 26.0. The molecule has 0 spiro atoms. The van der Waals surface area contributed by atoms with Crippen LogP contribution in [0, 0.1) is 71.6 Å². The predicted molar refractivity (Wildman–Crippen MR) is 313 cm³/mol. The Balaban J connectivity index is 1.66. The van der Waals surface area contributed by atoms with Crippen LogP contribution in [0.4, 0.5) is 26.3 Å². The highest BCUT2D eigenvalue weighted by molar-refractivity contribution is 7.88. The van der Waals surface area contributed by atoms with Gasteiger partial charge in [0.2, 0.25) is 20.0 Å². The Morgan fingerprint density at radius 3 is 1.23 bits per heavy atom. The maximum atomic E-state index is 20.4. The Hall–Kier alpha value is -6.63. The minimum absolute atomic E-state index is 0.0696. The summed E-state index contributed by atoms with van der Waals surface area (Å²) in [4.78, 5) is 51.2. The van der Waals surface area contributed by atoms with Crippen LogP contribution in [-0.4, -0.2) is 137 Å². The highest BCUT2D eigenvalue weighted by Crippen LogP contribution is 2.66. The Bertz CT molecular complexity index is 3470. The number of nitrogens with zero attached hydrogens (tertiary/aromatic N) is 2. The van der Waals surface area contributed by atoms with E-state index in [4.69, 9.17) is 18.9 Å². The number of ketones is 3. The van der Waals surface area contributed by atoms with Gasteiger partial charge in [0.1, 0.15) is 11.6 Å². The van der Waals surface area contributed by atoms with E-state index in [1.165, 1.54) is 62.4 Å². The summed E-state index contributed by atoms with van der Waals surface area (Å²) in [5.74, 6) is -19.6. The molecule has 86 heavy (non-hydrogen) atoms. The number of halogens is 6. The van der Waals surface area contributed by atoms with Gasteiger partial charge in [0.15, 0.2) is 63.7 Å². The molecule has 23 heteroatoms. The van der Waals surface area contributed by atoms with E-state index in [1.54, 1.807) is 0 Å². The van der Waals surface area contributed by atoms with Gasteiger partial charge < -0.3 is 29.6 Å². The zero-order valence-corrected chi connectivity index (χ0v) is 51.3. The number of carbonyl (C=O) groups is 3. The molecule has 2 unspecified atom stereocenters. The highest BCUT2D eigenvalue weighted by Gasteiger charge is 2.69. The fourth-order valence-electron chi connectivity index (χ4n) is 13.3. The number of methoxy groups -OCH3 is 4. The average Bonchev–Trinajstić information content (AvgIpc) is 0.694. The second-order valence-electron chi connectivity index (χ2n) is 22.5. The topological polar surface area (TPSA) is 187 Å². The monoisotopic (exact) mass is 1240 g/mol. The van der Waals surface area contributed by atoms with Crippen LogP contribution in [0.3, 0.4) is 0 Å². The van der Waals surface area contributed by atoms with Crippen LogP contribution < -0.4 is 20.1 Å². The molecule has 0 aromatic heterocycles. The maximum Gasteiger partial charge on any atom is 0.210 e. The summed E-state index contributed by atoms with van der Waals surface area (Å²) < 4.78 is 187. The van der Waals surface area contributed by atoms with Gasteiger partial charge in [-0.1, -0.05) is 36.4 Å². The van der Waals surface area contributed by atoms with Crippen LogP contribution >= 0.6 is 0 Å². The van der Waals surface area contributed by atoms with Crippen molar-refractivity contribution in [1.82, 2.24) is 19.2 Å². The first-order valence-corrected chi connectivity index (χ1v) is 31.8. The van der Waals surface area contributed by atoms with E-state index >= 15 is 40.7 Å². The van der Waals surface area contributed by atoms with Crippen LogP contribution in [0.5, 0.6) is 11.5 Å². The van der Waals surface area contributed by atoms with Crippen molar-refractivity contribution in [3.8, 4) is 11.5 Å². The fourth-order valence-corrected chi connectivity index (χ4v) is 14.2. The number of benzene rings is 4. The largest absolute Gasteiger partial charge is 0.494 e. The lowest BCUT2D eigenvalue weighted by Gasteiger charge is -2.55. The molecule has 0 saturated carbocycles. The third-order valence-corrected chi connectivity index (χ3v) is 20.5. The van der Waals surface area contributed by atoms with E-state index in [-0.39, 0.29) is 48.2 Å². The van der Waals surface area contributed by atoms with E-state index in [2.05, 4.69) is 10.6 Å². The number of hydrogen-bond donors (Lipinski definition) is 2. The van der Waals surface area contributed by atoms with Gasteiger partial charge in [-0.05, 0) is 149 Å². The number of carbonyl (C=O) groups excluding carboxylic acids is 3. The molecule has 2 saturated heterocycles. The number of ether oxygens (including phenoxy) is 4. The van der Waals surface area contributed by atoms with Crippen molar-refractivity contribution in [2.75, 3.05) is 94.3 Å². The van der Waals surface area contributed by atoms with Crippen molar-refractivity contribution >= 4 is 48.5 Å². The van der Waals surface area contributed by atoms with Crippen LogP contribution in [0.25, 0.3) is 11.1 Å². The molecule has 2 aliphatic heterocycles. The first-order valence-electron chi connectivity index (χ1n) is 28.1. The van der Waals surface area contributed by atoms with E-state index in [0.717, 1.165) is 87.9 Å². The Labute approximate surface area is 498 Å². The Morgan fingerprint density at radius 2 is 0.919 bits per heavy atom. The lowest BCUT2D eigenvalue weighted by Crippen LogP contribution is -2.61. The lowest BCUT2D eigenvalue weighted by atomic mass is 9.47. The van der Waals surface area contributed by atoms with Gasteiger partial charge in [0.25, 0.3) is 0 Å². The molecule has 8 rings (SSSR count). The van der Waals surface area contributed by atoms with Crippen LogP contribution in [0.2, 0.25) is 0 Å². The van der Waals surface area contributed by atoms with Crippen LogP contribution in [0.15, 0.2) is 107 Å². The maximum absolute atomic E-state index is 20.4. The summed E-state index contributed by atoms with van der Waals surface area (Å²) in [7, 11) is -1.94. The van der Waals surface area contributed by atoms with Gasteiger partial charge in [-0.3, -0.25) is 14.4 Å². The predicted octanol–water partition coefficient (Wildman–Crippen LogP) is 9.87. The molecule has 15 nitrogen and oxygen atoms in total. The lowest BCUT2D eigenvalue weighted by molar-refractivity contribution is -0.146. The fraction of sp³-hybridized carbons (Fsp3) is 0.444. The van der Waals surface area contributed by atoms with Gasteiger partial charge in [0, 0.05) is 61.3 Å². The molecule has 464 valence electrons. The van der Waals surface area contributed by atoms with Gasteiger partial charge in [-0.2, -0.15) is 0 Å². The van der Waals surface area contributed by atoms with E-state index < -0.39 is 189 Å². The van der Waals surface area contributed by atoms with Crippen molar-refractivity contribution in [2.24, 2.45) is 34.5 Å². The molecule has 0 amide bonds. The number of Topliss-reactive ketones (excluding diaryl/α,β-unsaturated/α-hetero) is 3. The summed E-state index contributed by atoms with van der Waals surface area (Å²) in [5, 5.41) is 6.55. The minimum Gasteiger partial charge on any atom is -0.494 e. The zero-order chi connectivity index (χ0) is 63.0. The molecule has 4 aromatic carbocycles. The van der Waals surface area contributed by atoms with Crippen LogP contribution in [-0.2, 0) is 34.3 Å². The van der Waals surface area contributed by atoms with Crippen LogP contribution in [0.1, 0.15) is 81.5 Å². The summed E-state index contributed by atoms with van der Waals surface area (Å²) in [6.07, 6.45) is 0.500. The van der Waals surface area contributed by atoms with E-state index in [9.17, 15) is 16.8 Å². The second-order valence-corrected chi connectivity index (χ2v) is 26.7. The Kier molecular flexibility index (Phi) is 19.7. The van der Waals surface area contributed by atoms with Crippen molar-refractivity contribution in [2.45, 2.75) is 52.4 Å². The molecule has 2 aliphatic carbocycles. The molecule has 2 heterocycles. The third-order valence-electron chi connectivity index (χ3n) is 17.9. The number of piperidine rings is 2. The summed E-state index contributed by atoms with van der Waals surface area (Å²) in [5.41, 5.74) is -10.1. The summed E-state index contributed by atoms with van der Waals surface area (Å²) in [6, 6.07) is 14.9. The smallest absolute Gasteiger partial charge is 0.210 e. The highest BCUT2D eigenvalue weighted by atomic mass is 32.2. The standard InChI is InChI=1S/C63H72F6N4O11S2/c1-35-39(19-11-23-43(35)64)47-49(55(74)41-21-13-25-45(81-5)53(41)66)51(37-17-15-29-70-33-37)62(59(68)57(47)83-7,27-31-72(3)85(9,77)78)61(76)63(28-32-73(4)86(10,79)80)52(38-18-16-30-71-34-38)50(56(75)42-22-14-26-46(82-6)54(42)67)48(58(84-8)60(63)69)40-20-12-24-44(65)36(40)2/h11-14,19-26,37-38,51-52,70-71H,15-18,27-34H2,1-10H3/t37?,38?,51-,52-,62+,63+/m0/s1. The molecule has 4 aromatic rings. The van der Waals surface area contributed by atoms with Gasteiger partial charge in [0.05, 0.1) is 62.9 Å². The molecule has 2 N–H and O–H groups in total. The minimum atomic E-state index is -4.28. The number of allylic oxidation sites excluding steroid dienone is 6. The molecular weight excluding hydrogens is 1170 g/mol. The third kappa shape index (κ3) is 11.6. The first-order chi connectivity index (χ1) is 40.7. The summed E-state index contributed by atoms with van der Waals surface area (Å²) in [6.45, 7) is 1.65. The first kappa shape index (κ1) is 65.3. The molecule has 6 atom stereocenters. The SMILES string of the molecule is COC1=C(F)[C@](CCN(C)S(C)(=O)=O)(C(=O)[C@@]2(CCN(C)S(C)(=O)=O)C(F)=C(OC)C(c3cccc(F)c3C)=C(C(=O)c3cccc(OC)c3F)[C@@H]2C2CCCNC2)[C@@H](C2CCCNC2)C(C(=O)c2cccc(OC)c2F)=C1c1cccc(F)c1C. The molecule has 2 fully saturated rings. The quantitative estimate of drug-likeness (QED) is 0.0560. The molecule has 0 bridgehead atoms. The van der Waals surface area contributed by atoms with E-state index in [0.29, 0.717) is 25.9 Å². The van der Waals surface area contributed by atoms with Gasteiger partial charge >= 0.3 is 0 Å². The number of rotatable bonds is 22. The Morgan fingerprint density at radius 1 is 0.558 bits per heavy atom. The number of nitrogens with one attached hydrogen (secondary N) is 2. The average molecular weight is 1240 g/mol. The van der Waals surface area contributed by atoms with E-state index in [1.807, 2.05) is 0 Å². The zero-order valence-electron chi connectivity index (χ0n) is 49.7. The summed E-state index contributed by atoms with van der Waals surface area (Å²) >= 11 is 0. The molecule has 0 radical (unpaired) electrons. The van der Waals surface area contributed by atoms with Crippen molar-refractivity contribution in [3.05, 3.63) is 164 Å². The normalized spacial score (nSPS) is 23.3. The van der Waals surface area contributed by atoms with Crippen molar-refractivity contribution < 1.29 is 76.5 Å². The van der Waals surface area contributed by atoms with Gasteiger partial charge in [-0.25, -0.2) is 51.8 Å². The van der Waals surface area contributed by atoms with Gasteiger partial charge in [-0.15, -0.1) is 0 Å². The number of sulfonamides is 2. The van der Waals surface area contributed by atoms with Crippen molar-refractivity contribution in [1.29, 1.82) is 0 Å². The van der Waals surface area contributed by atoms with Crippen molar-refractivity contribution in [3.63, 3.8) is 0 Å². The molecular formula is C63H72F6N4O11S2. The number of hydrogen-bond acceptors (Lipinski definition) is 13.